The van der Waals surface area contributed by atoms with Gasteiger partial charge in [-0.05, 0) is 62.3 Å². The van der Waals surface area contributed by atoms with Crippen molar-refractivity contribution in [3.05, 3.63) is 24.3 Å². The fourth-order valence-electron chi connectivity index (χ4n) is 7.23. The number of aromatic nitrogens is 2. The molecule has 0 aromatic carbocycles. The van der Waals surface area contributed by atoms with Crippen LogP contribution in [0.3, 0.4) is 0 Å². The average molecular weight is 697 g/mol. The van der Waals surface area contributed by atoms with Crippen LogP contribution in [0, 0.1) is 23.2 Å². The highest BCUT2D eigenvalue weighted by Gasteiger charge is 2.52. The molecule has 3 heterocycles. The van der Waals surface area contributed by atoms with Crippen molar-refractivity contribution < 1.29 is 28.8 Å². The number of rotatable bonds is 14. The highest BCUT2D eigenvalue weighted by Crippen LogP contribution is 2.34. The first-order chi connectivity index (χ1) is 23.6. The highest BCUT2D eigenvalue weighted by atomic mass is 16.2. The molecule has 7 atom stereocenters. The smallest absolute Gasteiger partial charge is 0.289 e. The molecule has 0 bridgehead atoms. The Bertz CT molecular complexity index is 1390. The van der Waals surface area contributed by atoms with Gasteiger partial charge in [-0.1, -0.05) is 60.8 Å². The van der Waals surface area contributed by atoms with Gasteiger partial charge in [-0.15, -0.1) is 0 Å². The summed E-state index contributed by atoms with van der Waals surface area (Å²) in [6.07, 6.45) is 9.13. The maximum atomic E-state index is 14.6. The number of nitrogens with zero attached hydrogens (tertiary/aromatic N) is 3. The molecule has 1 aliphatic carbocycles. The zero-order valence-corrected chi connectivity index (χ0v) is 30.6. The van der Waals surface area contributed by atoms with Crippen molar-refractivity contribution in [2.24, 2.45) is 23.2 Å². The van der Waals surface area contributed by atoms with Crippen molar-refractivity contribution >= 4 is 35.3 Å². The summed E-state index contributed by atoms with van der Waals surface area (Å²) in [5.41, 5.74) is -0.677. The van der Waals surface area contributed by atoms with Gasteiger partial charge in [0.05, 0.1) is 12.2 Å². The van der Waals surface area contributed by atoms with Gasteiger partial charge in [0.15, 0.2) is 0 Å². The molecule has 14 nitrogen and oxygen atoms in total. The van der Waals surface area contributed by atoms with Gasteiger partial charge in [0.1, 0.15) is 23.8 Å². The van der Waals surface area contributed by atoms with Gasteiger partial charge in [-0.2, -0.15) is 0 Å². The average Bonchev–Trinajstić information content (AvgIpc) is 3.83. The maximum Gasteiger partial charge on any atom is 0.289 e. The third kappa shape index (κ3) is 9.23. The van der Waals surface area contributed by atoms with Crippen LogP contribution in [0.1, 0.15) is 104 Å². The van der Waals surface area contributed by atoms with Crippen LogP contribution in [0.5, 0.6) is 0 Å². The molecule has 1 aromatic heterocycles. The molecule has 2 saturated heterocycles. The Kier molecular flexibility index (Phi) is 13.1. The Morgan fingerprint density at radius 3 is 2.26 bits per heavy atom. The topological polar surface area (TPSA) is 192 Å². The predicted octanol–water partition coefficient (Wildman–Crippen LogP) is 1.50. The normalized spacial score (nSPS) is 23.0. The minimum absolute atomic E-state index is 0.000885. The largest absolute Gasteiger partial charge is 0.347 e. The first-order valence-electron chi connectivity index (χ1n) is 18.2. The molecule has 3 aliphatic rings. The molecule has 0 spiro atoms. The van der Waals surface area contributed by atoms with Crippen LogP contribution in [-0.2, 0) is 24.0 Å². The Morgan fingerprint density at radius 2 is 1.66 bits per heavy atom. The molecular formula is C36H56N8O6. The fourth-order valence-corrected chi connectivity index (χ4v) is 7.23. The van der Waals surface area contributed by atoms with E-state index in [0.717, 1.165) is 32.1 Å². The molecule has 4 rings (SSSR count). The molecule has 0 radical (unpaired) electrons. The van der Waals surface area contributed by atoms with E-state index < -0.39 is 64.9 Å². The summed E-state index contributed by atoms with van der Waals surface area (Å²) in [4.78, 5) is 91.5. The molecular weight excluding hydrogens is 640 g/mol. The lowest BCUT2D eigenvalue weighted by molar-refractivity contribution is -0.146. The third-order valence-electron chi connectivity index (χ3n) is 10.5. The van der Waals surface area contributed by atoms with Gasteiger partial charge in [0, 0.05) is 31.0 Å². The molecule has 2 aliphatic heterocycles. The van der Waals surface area contributed by atoms with Gasteiger partial charge in [0.2, 0.25) is 23.5 Å². The lowest BCUT2D eigenvalue weighted by Crippen LogP contribution is -2.63. The Labute approximate surface area is 295 Å². The predicted molar refractivity (Wildman–Crippen MR) is 186 cm³/mol. The van der Waals surface area contributed by atoms with Crippen LogP contribution in [0.15, 0.2) is 18.6 Å². The van der Waals surface area contributed by atoms with Gasteiger partial charge in [-0.3, -0.25) is 33.8 Å². The summed E-state index contributed by atoms with van der Waals surface area (Å²) in [6.45, 7) is 14.1. The zero-order valence-electron chi connectivity index (χ0n) is 30.6. The van der Waals surface area contributed by atoms with Crippen molar-refractivity contribution in [3.8, 4) is 0 Å². The van der Waals surface area contributed by atoms with Crippen molar-refractivity contribution in [2.75, 3.05) is 13.1 Å². The quantitative estimate of drug-likeness (QED) is 0.179. The first-order valence-corrected chi connectivity index (χ1v) is 18.2. The Hall–Kier alpha value is -3.94. The molecule has 3 fully saturated rings. The van der Waals surface area contributed by atoms with Crippen LogP contribution in [0.2, 0.25) is 0 Å². The van der Waals surface area contributed by atoms with E-state index in [2.05, 4.69) is 36.6 Å². The number of ketones is 1. The Balaban J connectivity index is 1.56. The minimum atomic E-state index is -1.05. The second kappa shape index (κ2) is 16.8. The molecule has 50 heavy (non-hydrogen) atoms. The minimum Gasteiger partial charge on any atom is -0.347 e. The lowest BCUT2D eigenvalue weighted by Gasteiger charge is -2.37. The Morgan fingerprint density at radius 1 is 0.960 bits per heavy atom. The summed E-state index contributed by atoms with van der Waals surface area (Å²) in [6, 6.07) is -4.50. The van der Waals surface area contributed by atoms with Crippen molar-refractivity contribution in [1.29, 1.82) is 0 Å². The molecule has 5 amide bonds. The van der Waals surface area contributed by atoms with E-state index in [1.54, 1.807) is 0 Å². The number of likely N-dealkylation sites (tertiary alicyclic amines) is 1. The second-order valence-corrected chi connectivity index (χ2v) is 15.6. The first kappa shape index (κ1) is 38.9. The number of hydrogen-bond acceptors (Lipinski definition) is 9. The van der Waals surface area contributed by atoms with Crippen molar-refractivity contribution in [1.82, 2.24) is 41.5 Å². The summed E-state index contributed by atoms with van der Waals surface area (Å²) in [7, 11) is 0. The van der Waals surface area contributed by atoms with E-state index in [9.17, 15) is 28.8 Å². The highest BCUT2D eigenvalue weighted by molar-refractivity contribution is 6.38. The van der Waals surface area contributed by atoms with Gasteiger partial charge in [-0.25, -0.2) is 4.98 Å². The van der Waals surface area contributed by atoms with Crippen LogP contribution >= 0.6 is 0 Å². The molecule has 14 heteroatoms. The molecule has 5 N–H and O–H groups in total. The van der Waals surface area contributed by atoms with E-state index in [0.29, 0.717) is 19.5 Å². The number of amides is 5. The summed E-state index contributed by atoms with van der Waals surface area (Å²) < 4.78 is 0. The second-order valence-electron chi connectivity index (χ2n) is 15.6. The number of carbonyl (C=O) groups excluding carboxylic acids is 6. The van der Waals surface area contributed by atoms with Crippen LogP contribution in [0.25, 0.3) is 0 Å². The number of fused-ring (bicyclic) bond motifs is 1. The van der Waals surface area contributed by atoms with E-state index in [1.165, 1.54) is 23.5 Å². The number of Topliss-reactive ketones (excluding diaryl/α,β-unsaturated/α-hetero) is 1. The van der Waals surface area contributed by atoms with Crippen molar-refractivity contribution in [3.63, 3.8) is 0 Å². The van der Waals surface area contributed by atoms with E-state index >= 15 is 0 Å². The number of hydrogen-bond donors (Lipinski definition) is 5. The number of nitrogens with one attached hydrogen (secondary N) is 5. The third-order valence-corrected chi connectivity index (χ3v) is 10.5. The lowest BCUT2D eigenvalue weighted by atomic mass is 9.84. The summed E-state index contributed by atoms with van der Waals surface area (Å²) >= 11 is 0. The monoisotopic (exact) mass is 696 g/mol. The van der Waals surface area contributed by atoms with Crippen LogP contribution < -0.4 is 26.6 Å². The fraction of sp³-hybridized carbons (Fsp3) is 0.722. The standard InChI is InChI=1S/C36H56N8O6/c1-8-11-24(29(45)34(49)40-21(4)20(2)3)41-33(48)28-26-23(14-15-39-26)19-44(28)35(50)30(36(5,6)7)43-32(47)27(22-12-9-10-13-22)42-31(46)25-18-37-16-17-38-25/h16-18,20-24,26-28,30,39H,8-15,19H2,1-7H3,(H,40,49)(H,41,48)(H,42,46)(H,43,47)/t21-,23-,24-,26-,27-,28-,30+/m0/s1. The van der Waals surface area contributed by atoms with E-state index in [-0.39, 0.29) is 42.0 Å². The van der Waals surface area contributed by atoms with Gasteiger partial charge >= 0.3 is 0 Å². The number of carbonyl (C=O) groups is 6. The van der Waals surface area contributed by atoms with Gasteiger partial charge in [0.25, 0.3) is 11.8 Å². The van der Waals surface area contributed by atoms with Crippen molar-refractivity contribution in [2.45, 2.75) is 130 Å². The SMILES string of the molecule is CCC[C@H](NC(=O)[C@@H]1[C@H]2NCC[C@H]2CN1C(=O)[C@@H](NC(=O)[C@@H](NC(=O)c1cnccn1)C1CCCC1)C(C)(C)C)C(=O)C(=O)N[C@@H](C)C(C)C. The summed E-state index contributed by atoms with van der Waals surface area (Å²) in [5, 5.41) is 14.8. The van der Waals surface area contributed by atoms with E-state index in [4.69, 9.17) is 0 Å². The molecule has 276 valence electrons. The van der Waals surface area contributed by atoms with E-state index in [1.807, 2.05) is 48.5 Å². The van der Waals surface area contributed by atoms with Gasteiger partial charge < -0.3 is 31.5 Å². The molecule has 1 saturated carbocycles. The maximum absolute atomic E-state index is 14.6. The zero-order chi connectivity index (χ0) is 36.7. The summed E-state index contributed by atoms with van der Waals surface area (Å²) in [5.74, 6) is -3.41. The van der Waals surface area contributed by atoms with Crippen LogP contribution in [-0.4, -0.2) is 99.5 Å². The molecule has 0 unspecified atom stereocenters. The van der Waals surface area contributed by atoms with Crippen LogP contribution in [0.4, 0.5) is 0 Å². The molecule has 1 aromatic rings.